The van der Waals surface area contributed by atoms with E-state index in [1.807, 2.05) is 9.97 Å². The van der Waals surface area contributed by atoms with Gasteiger partial charge >= 0.3 is 11.7 Å². The average molecular weight is 684 g/mol. The number of fused-ring (bicyclic) bond motifs is 3. The van der Waals surface area contributed by atoms with Crippen LogP contribution >= 0.6 is 0 Å². The summed E-state index contributed by atoms with van der Waals surface area (Å²) < 4.78 is 17.1. The van der Waals surface area contributed by atoms with Crippen LogP contribution in [0, 0.1) is 0 Å². The number of carboxylic acid groups (broad SMARTS) is 1. The molecule has 17 heteroatoms. The monoisotopic (exact) mass is 683 g/mol. The lowest BCUT2D eigenvalue weighted by Crippen LogP contribution is -2.52. The summed E-state index contributed by atoms with van der Waals surface area (Å²) in [6, 6.07) is 4.54. The molecule has 2 heterocycles. The summed E-state index contributed by atoms with van der Waals surface area (Å²) in [7, 11) is 1.34. The molecule has 1 aromatic heterocycles. The summed E-state index contributed by atoms with van der Waals surface area (Å²) in [4.78, 5) is 74.5. The van der Waals surface area contributed by atoms with Crippen molar-refractivity contribution < 1.29 is 58.9 Å². The summed E-state index contributed by atoms with van der Waals surface area (Å²) in [6.45, 7) is 2.79. The number of phenols is 2. The number of aromatic nitrogens is 2. The van der Waals surface area contributed by atoms with Crippen molar-refractivity contribution in [2.45, 2.75) is 69.4 Å². The highest BCUT2D eigenvalue weighted by Crippen LogP contribution is 2.52. The van der Waals surface area contributed by atoms with E-state index in [1.165, 1.54) is 32.2 Å². The Kier molecular flexibility index (Phi) is 9.33. The summed E-state index contributed by atoms with van der Waals surface area (Å²) >= 11 is 0. The lowest BCUT2D eigenvalue weighted by Gasteiger charge is -2.42. The average Bonchev–Trinajstić information content (AvgIpc) is 3.03. The number of H-pyrrole nitrogens is 2. The van der Waals surface area contributed by atoms with Crippen LogP contribution in [0.2, 0.25) is 0 Å². The van der Waals surface area contributed by atoms with Crippen molar-refractivity contribution in [1.29, 1.82) is 0 Å². The van der Waals surface area contributed by atoms with E-state index in [4.69, 9.17) is 25.1 Å². The number of phenolic OH excluding ortho intramolecular Hbond substituents is 2. The standard InChI is InChI=1S/C27H29NO10.C5H4N2O4/c1-10-22(30)14(28)7-17(37-10)38-16-9-27(35,11(2)29)8-13-19(16)26(34)21-20(24(13)32)23(31)12-5-4-6-15(36-3)18(12)25(21)33;8-3-1-2(4(9)10)6-5(11)7-3/h4-6,10,14,16-17,22,30,32,34-35H,7-9,28H2,1-3H3;1H,(H,9,10)(H2,6,7,8,11)/t10-,14-,16-,17-,22+,27-;/m0./s1. The Balaban J connectivity index is 0.000000363. The zero-order valence-electron chi connectivity index (χ0n) is 26.3. The van der Waals surface area contributed by atoms with Gasteiger partial charge in [-0.2, -0.15) is 0 Å². The van der Waals surface area contributed by atoms with E-state index in [0.29, 0.717) is 0 Å². The molecule has 3 aromatic rings. The minimum atomic E-state index is -2.00. The van der Waals surface area contributed by atoms with Crippen molar-refractivity contribution in [2.75, 3.05) is 7.11 Å². The molecule has 0 spiro atoms. The summed E-state index contributed by atoms with van der Waals surface area (Å²) in [5.74, 6) is -4.52. The Morgan fingerprint density at radius 2 is 1.71 bits per heavy atom. The molecule has 6 atom stereocenters. The summed E-state index contributed by atoms with van der Waals surface area (Å²) in [5.41, 5.74) is 1.00. The molecule has 3 aliphatic rings. The number of nitrogens with two attached hydrogens (primary N) is 1. The minimum Gasteiger partial charge on any atom is -0.507 e. The SMILES string of the molecule is COc1cccc2c1C(=O)c1c(O)c3c(c(O)c1C2=O)C[C@@](O)(C(C)=O)C[C@@H]3O[C@H]1C[C@H](N)[C@H](O)[C@H](C)O1.O=C(O)c1cc(=O)[nH]c(=O)[nH]1. The number of carbonyl (C=O) groups excluding carboxylic acids is 3. The van der Waals surface area contributed by atoms with Gasteiger partial charge in [0.15, 0.2) is 17.9 Å². The fraction of sp³-hybridized carbons (Fsp3) is 0.375. The van der Waals surface area contributed by atoms with Gasteiger partial charge in [-0.25, -0.2) is 9.59 Å². The van der Waals surface area contributed by atoms with Crippen LogP contribution in [0.3, 0.4) is 0 Å². The molecule has 1 saturated heterocycles. The first-order valence-corrected chi connectivity index (χ1v) is 14.9. The van der Waals surface area contributed by atoms with Gasteiger partial charge in [0.25, 0.3) is 5.56 Å². The Hall–Kier alpha value is -5.20. The van der Waals surface area contributed by atoms with Crippen LogP contribution in [0.1, 0.15) is 86.3 Å². The molecule has 0 radical (unpaired) electrons. The van der Waals surface area contributed by atoms with Gasteiger partial charge in [0.1, 0.15) is 28.5 Å². The predicted molar refractivity (Wildman–Crippen MR) is 165 cm³/mol. The van der Waals surface area contributed by atoms with Gasteiger partial charge in [-0.3, -0.25) is 24.2 Å². The number of ketones is 3. The van der Waals surface area contributed by atoms with Gasteiger partial charge < -0.3 is 50.5 Å². The molecule has 9 N–H and O–H groups in total. The number of ether oxygens (including phenoxy) is 3. The number of hydrogen-bond acceptors (Lipinski definition) is 14. The number of aliphatic hydroxyl groups is 2. The Morgan fingerprint density at radius 1 is 1.04 bits per heavy atom. The van der Waals surface area contributed by atoms with Crippen LogP contribution < -0.4 is 21.7 Å². The molecule has 0 saturated carbocycles. The van der Waals surface area contributed by atoms with Crippen LogP contribution in [0.5, 0.6) is 17.2 Å². The second-order valence-corrected chi connectivity index (χ2v) is 11.9. The largest absolute Gasteiger partial charge is 0.507 e. The molecule has 0 unspecified atom stereocenters. The number of rotatable bonds is 5. The van der Waals surface area contributed by atoms with E-state index >= 15 is 0 Å². The highest BCUT2D eigenvalue weighted by atomic mass is 16.7. The number of aromatic amines is 2. The van der Waals surface area contributed by atoms with Crippen LogP contribution in [0.25, 0.3) is 0 Å². The first kappa shape index (κ1) is 35.1. The second kappa shape index (κ2) is 13.0. The van der Waals surface area contributed by atoms with E-state index in [0.717, 1.165) is 6.07 Å². The van der Waals surface area contributed by atoms with Gasteiger partial charge in [-0.05, 0) is 19.9 Å². The Morgan fingerprint density at radius 3 is 2.31 bits per heavy atom. The molecule has 2 aromatic carbocycles. The molecule has 1 fully saturated rings. The molecule has 2 aliphatic carbocycles. The highest BCUT2D eigenvalue weighted by molar-refractivity contribution is 6.31. The van der Waals surface area contributed by atoms with Crippen molar-refractivity contribution in [1.82, 2.24) is 9.97 Å². The number of hydrogen-bond donors (Lipinski definition) is 8. The number of methoxy groups -OCH3 is 1. The second-order valence-electron chi connectivity index (χ2n) is 11.9. The molecule has 0 bridgehead atoms. The number of carboxylic acids is 1. The molecule has 1 aliphatic heterocycles. The quantitative estimate of drug-likeness (QED) is 0.126. The molecule has 17 nitrogen and oxygen atoms in total. The third-order valence-electron chi connectivity index (χ3n) is 8.79. The van der Waals surface area contributed by atoms with E-state index in [1.54, 1.807) is 6.92 Å². The van der Waals surface area contributed by atoms with E-state index in [-0.39, 0.29) is 40.8 Å². The zero-order chi connectivity index (χ0) is 36.1. The maximum absolute atomic E-state index is 13.6. The molecular formula is C32H33N3O14. The molecule has 49 heavy (non-hydrogen) atoms. The maximum Gasteiger partial charge on any atom is 0.352 e. The fourth-order valence-corrected chi connectivity index (χ4v) is 6.24. The Labute approximate surface area is 275 Å². The number of Topliss-reactive ketones (excluding diaryl/α,β-unsaturated/α-hetero) is 1. The van der Waals surface area contributed by atoms with E-state index in [2.05, 4.69) is 0 Å². The van der Waals surface area contributed by atoms with Gasteiger partial charge in [-0.1, -0.05) is 12.1 Å². The number of carbonyl (C=O) groups is 4. The lowest BCUT2D eigenvalue weighted by molar-refractivity contribution is -0.247. The normalized spacial score (nSPS) is 25.6. The fourth-order valence-electron chi connectivity index (χ4n) is 6.24. The predicted octanol–water partition coefficient (Wildman–Crippen LogP) is -0.210. The van der Waals surface area contributed by atoms with Gasteiger partial charge in [0.05, 0.1) is 42.1 Å². The van der Waals surface area contributed by atoms with Gasteiger partial charge in [0, 0.05) is 48.1 Å². The number of nitrogens with one attached hydrogen (secondary N) is 2. The molecule has 0 amide bonds. The van der Waals surface area contributed by atoms with Crippen molar-refractivity contribution in [2.24, 2.45) is 5.73 Å². The van der Waals surface area contributed by atoms with Crippen LogP contribution in [0.4, 0.5) is 0 Å². The number of aromatic carboxylic acids is 1. The van der Waals surface area contributed by atoms with E-state index in [9.17, 15) is 49.2 Å². The zero-order valence-corrected chi connectivity index (χ0v) is 26.3. The Bertz CT molecular complexity index is 1960. The number of aromatic hydroxyl groups is 2. The molecule has 260 valence electrons. The summed E-state index contributed by atoms with van der Waals surface area (Å²) in [6.07, 6.45) is -4.53. The van der Waals surface area contributed by atoms with Crippen LogP contribution in [0.15, 0.2) is 33.9 Å². The third-order valence-corrected chi connectivity index (χ3v) is 8.79. The maximum atomic E-state index is 13.6. The smallest absolute Gasteiger partial charge is 0.352 e. The van der Waals surface area contributed by atoms with Gasteiger partial charge in [-0.15, -0.1) is 0 Å². The van der Waals surface area contributed by atoms with Crippen molar-refractivity contribution in [3.05, 3.63) is 84.2 Å². The first-order valence-electron chi connectivity index (χ1n) is 14.9. The molecule has 6 rings (SSSR count). The van der Waals surface area contributed by atoms with Crippen molar-refractivity contribution in [3.8, 4) is 17.2 Å². The molecular weight excluding hydrogens is 650 g/mol. The third kappa shape index (κ3) is 6.25. The topological polar surface area (TPSA) is 289 Å². The highest BCUT2D eigenvalue weighted by Gasteiger charge is 2.49. The van der Waals surface area contributed by atoms with E-state index < -0.39 is 106 Å². The number of aliphatic hydroxyl groups excluding tert-OH is 1. The summed E-state index contributed by atoms with van der Waals surface area (Å²) in [5, 5.41) is 52.4. The first-order chi connectivity index (χ1) is 23.0. The number of benzene rings is 2. The van der Waals surface area contributed by atoms with Crippen LogP contribution in [-0.2, 0) is 20.7 Å². The van der Waals surface area contributed by atoms with Gasteiger partial charge in [0.2, 0.25) is 5.78 Å². The van der Waals surface area contributed by atoms with Crippen LogP contribution in [-0.4, -0.2) is 96.1 Å². The lowest BCUT2D eigenvalue weighted by atomic mass is 9.72. The van der Waals surface area contributed by atoms with Crippen molar-refractivity contribution >= 4 is 23.3 Å². The van der Waals surface area contributed by atoms with Crippen molar-refractivity contribution in [3.63, 3.8) is 0 Å². The minimum absolute atomic E-state index is 0.0147.